The van der Waals surface area contributed by atoms with Crippen LogP contribution in [0.25, 0.3) is 10.4 Å². The molecule has 2 aromatic rings. The van der Waals surface area contributed by atoms with Crippen LogP contribution in [0.2, 0.25) is 0 Å². The molecule has 120 valence electrons. The van der Waals surface area contributed by atoms with Crippen molar-refractivity contribution in [3.63, 3.8) is 0 Å². The fourth-order valence-electron chi connectivity index (χ4n) is 1.82. The quantitative estimate of drug-likeness (QED) is 0.290. The fourth-order valence-corrected chi connectivity index (χ4v) is 1.82. The lowest BCUT2D eigenvalue weighted by Crippen LogP contribution is -2.12. The average Bonchev–Trinajstić information content (AvgIpc) is 2.55. The highest BCUT2D eigenvalue weighted by atomic mass is 16.6. The molecular weight excluding hydrogens is 320 g/mol. The molecule has 11 nitrogen and oxygen atoms in total. The van der Waals surface area contributed by atoms with Crippen LogP contribution >= 0.6 is 0 Å². The van der Waals surface area contributed by atoms with Crippen molar-refractivity contribution in [2.75, 3.05) is 5.32 Å². The minimum absolute atomic E-state index is 0.0810. The van der Waals surface area contributed by atoms with E-state index in [-0.39, 0.29) is 28.3 Å². The molecule has 0 aliphatic rings. The molecule has 1 N–H and O–H groups in total. The van der Waals surface area contributed by atoms with Crippen LogP contribution in [0.3, 0.4) is 0 Å². The van der Waals surface area contributed by atoms with Crippen molar-refractivity contribution in [3.8, 4) is 0 Å². The Labute approximate surface area is 133 Å². The number of azide groups is 1. The van der Waals surface area contributed by atoms with Gasteiger partial charge >= 0.3 is 0 Å². The number of rotatable bonds is 5. The summed E-state index contributed by atoms with van der Waals surface area (Å²) in [5.41, 5.74) is 7.97. The predicted octanol–water partition coefficient (Wildman–Crippen LogP) is 3.70. The monoisotopic (exact) mass is 328 g/mol. The number of hydrogen-bond donors (Lipinski definition) is 1. The van der Waals surface area contributed by atoms with Crippen LogP contribution in [0.4, 0.5) is 22.7 Å². The summed E-state index contributed by atoms with van der Waals surface area (Å²) >= 11 is 0. The van der Waals surface area contributed by atoms with Crippen LogP contribution in [0.15, 0.2) is 47.6 Å². The maximum atomic E-state index is 12.3. The van der Waals surface area contributed by atoms with E-state index in [0.717, 1.165) is 18.2 Å². The highest BCUT2D eigenvalue weighted by molar-refractivity contribution is 6.08. The summed E-state index contributed by atoms with van der Waals surface area (Å²) in [4.78, 5) is 34.9. The smallest absolute Gasteiger partial charge is 0.270 e. The van der Waals surface area contributed by atoms with Gasteiger partial charge in [-0.1, -0.05) is 5.11 Å². The van der Waals surface area contributed by atoms with Gasteiger partial charge in [0.15, 0.2) is 0 Å². The van der Waals surface area contributed by atoms with Crippen LogP contribution in [-0.4, -0.2) is 15.8 Å². The minimum Gasteiger partial charge on any atom is -0.322 e. The van der Waals surface area contributed by atoms with Gasteiger partial charge in [-0.3, -0.25) is 25.0 Å². The maximum Gasteiger partial charge on any atom is 0.270 e. The van der Waals surface area contributed by atoms with Crippen molar-refractivity contribution in [1.82, 2.24) is 0 Å². The maximum absolute atomic E-state index is 12.3. The van der Waals surface area contributed by atoms with Crippen LogP contribution in [0.1, 0.15) is 10.4 Å². The summed E-state index contributed by atoms with van der Waals surface area (Å²) in [5.74, 6) is -0.755. The molecule has 0 aliphatic carbocycles. The highest BCUT2D eigenvalue weighted by Crippen LogP contribution is 2.26. The van der Waals surface area contributed by atoms with Crippen LogP contribution < -0.4 is 5.32 Å². The number of benzene rings is 2. The molecule has 0 fully saturated rings. The first-order chi connectivity index (χ1) is 11.4. The first-order valence-corrected chi connectivity index (χ1v) is 6.31. The van der Waals surface area contributed by atoms with Gasteiger partial charge < -0.3 is 5.32 Å². The molecule has 11 heteroatoms. The van der Waals surface area contributed by atoms with Gasteiger partial charge in [-0.2, -0.15) is 0 Å². The minimum atomic E-state index is -0.755. The zero-order valence-electron chi connectivity index (χ0n) is 11.8. The predicted molar refractivity (Wildman–Crippen MR) is 83.0 cm³/mol. The summed E-state index contributed by atoms with van der Waals surface area (Å²) in [6.45, 7) is 0. The Hall–Kier alpha value is -3.98. The number of nitrogens with zero attached hydrogens (tertiary/aromatic N) is 5. The van der Waals surface area contributed by atoms with Crippen molar-refractivity contribution in [1.29, 1.82) is 0 Å². The van der Waals surface area contributed by atoms with Gasteiger partial charge in [-0.15, -0.1) is 0 Å². The molecule has 1 amide bonds. The molecule has 2 rings (SSSR count). The van der Waals surface area contributed by atoms with Crippen LogP contribution in [0.5, 0.6) is 0 Å². The van der Waals surface area contributed by atoms with Gasteiger partial charge in [-0.25, -0.2) is 0 Å². The molecule has 0 bridgehead atoms. The van der Waals surface area contributed by atoms with Gasteiger partial charge in [-0.05, 0) is 23.7 Å². The van der Waals surface area contributed by atoms with E-state index in [1.807, 2.05) is 0 Å². The topological polar surface area (TPSA) is 164 Å². The lowest BCUT2D eigenvalue weighted by atomic mass is 10.1. The van der Waals surface area contributed by atoms with E-state index in [2.05, 4.69) is 15.3 Å². The number of nitro groups is 2. The number of anilines is 1. The van der Waals surface area contributed by atoms with Gasteiger partial charge in [0.25, 0.3) is 17.3 Å². The first-order valence-electron chi connectivity index (χ1n) is 6.31. The van der Waals surface area contributed by atoms with Gasteiger partial charge in [0.1, 0.15) is 0 Å². The largest absolute Gasteiger partial charge is 0.322 e. The summed E-state index contributed by atoms with van der Waals surface area (Å²) in [7, 11) is 0. The van der Waals surface area contributed by atoms with Crippen molar-refractivity contribution in [2.45, 2.75) is 0 Å². The van der Waals surface area contributed by atoms with Gasteiger partial charge in [0, 0.05) is 34.9 Å². The number of nitro benzene ring substituents is 2. The van der Waals surface area contributed by atoms with E-state index in [1.165, 1.54) is 24.3 Å². The molecule has 24 heavy (non-hydrogen) atoms. The molecule has 2 aromatic carbocycles. The molecule has 0 saturated heterocycles. The molecule has 0 heterocycles. The molecule has 0 unspecified atom stereocenters. The third-order valence-electron chi connectivity index (χ3n) is 2.92. The third kappa shape index (κ3) is 3.61. The number of carbonyl (C=O) groups excluding carboxylic acids is 1. The molecule has 0 radical (unpaired) electrons. The van der Waals surface area contributed by atoms with Crippen molar-refractivity contribution < 1.29 is 14.6 Å². The zero-order chi connectivity index (χ0) is 17.7. The molecule has 0 saturated carbocycles. The van der Waals surface area contributed by atoms with E-state index in [9.17, 15) is 25.0 Å². The second kappa shape index (κ2) is 6.85. The van der Waals surface area contributed by atoms with Crippen molar-refractivity contribution >= 4 is 28.7 Å². The second-order valence-electron chi connectivity index (χ2n) is 4.41. The van der Waals surface area contributed by atoms with Gasteiger partial charge in [0.05, 0.1) is 21.1 Å². The summed E-state index contributed by atoms with van der Waals surface area (Å²) < 4.78 is 0. The Balaban J connectivity index is 2.33. The fraction of sp³-hybridized carbons (Fsp3) is 0. The SMILES string of the molecule is [N-]=[N+]=Nc1ccc([N+](=O)[O-])cc1C(=O)Nc1ccc([N+](=O)[O-])cc1. The number of non-ortho nitro benzene ring substituents is 2. The molecule has 0 aromatic heterocycles. The van der Waals surface area contributed by atoms with E-state index in [1.54, 1.807) is 0 Å². The van der Waals surface area contributed by atoms with E-state index in [4.69, 9.17) is 5.53 Å². The average molecular weight is 328 g/mol. The van der Waals surface area contributed by atoms with E-state index < -0.39 is 15.8 Å². The highest BCUT2D eigenvalue weighted by Gasteiger charge is 2.16. The van der Waals surface area contributed by atoms with E-state index in [0.29, 0.717) is 0 Å². The lowest BCUT2D eigenvalue weighted by Gasteiger charge is -2.07. The Morgan fingerprint density at radius 3 is 2.17 bits per heavy atom. The molecular formula is C13H8N6O5. The Morgan fingerprint density at radius 2 is 1.62 bits per heavy atom. The first kappa shape index (κ1) is 16.4. The summed E-state index contributed by atoms with van der Waals surface area (Å²) in [6.07, 6.45) is 0. The zero-order valence-corrected chi connectivity index (χ0v) is 11.8. The number of nitrogens with one attached hydrogen (secondary N) is 1. The third-order valence-corrected chi connectivity index (χ3v) is 2.92. The molecule has 0 spiro atoms. The standard InChI is InChI=1S/C13H8N6O5/c14-17-16-12-6-5-10(19(23)24)7-11(12)13(20)15-8-1-3-9(4-2-8)18(21)22/h1-7H,(H,15,20). The van der Waals surface area contributed by atoms with Gasteiger partial charge in [0.2, 0.25) is 0 Å². The van der Waals surface area contributed by atoms with E-state index >= 15 is 0 Å². The number of amides is 1. The van der Waals surface area contributed by atoms with Crippen molar-refractivity contribution in [2.24, 2.45) is 5.11 Å². The number of carbonyl (C=O) groups is 1. The Bertz CT molecular complexity index is 873. The molecule has 0 aliphatic heterocycles. The van der Waals surface area contributed by atoms with Crippen LogP contribution in [-0.2, 0) is 0 Å². The lowest BCUT2D eigenvalue weighted by molar-refractivity contribution is -0.385. The second-order valence-corrected chi connectivity index (χ2v) is 4.41. The molecule has 0 atom stereocenters. The Morgan fingerprint density at radius 1 is 1.04 bits per heavy atom. The Kier molecular flexibility index (Phi) is 4.68. The normalized spacial score (nSPS) is 9.67. The van der Waals surface area contributed by atoms with Crippen molar-refractivity contribution in [3.05, 3.63) is 78.7 Å². The van der Waals surface area contributed by atoms with Crippen LogP contribution in [0, 0.1) is 20.2 Å². The summed E-state index contributed by atoms with van der Waals surface area (Å²) in [5, 5.41) is 27.1. The number of hydrogen-bond acceptors (Lipinski definition) is 6. The summed E-state index contributed by atoms with van der Waals surface area (Å²) in [6, 6.07) is 8.23.